The van der Waals surface area contributed by atoms with Crippen LogP contribution in [0.15, 0.2) is 53.4 Å². The standard InChI is InChI=1S/C23H29N3O4S/c1-17-9-8-13-21(18(17)2)25-23(28)22(27)24-15-14-19-10-6-7-16-26(19)31(29,30)20-11-4-3-5-12-20/h3-5,8-9,11-13,19H,6-7,10,14-16H2,1-2H3,(H,24,27)(H,25,28)/t19-/m0/s1. The van der Waals surface area contributed by atoms with Crippen molar-refractivity contribution in [2.75, 3.05) is 18.4 Å². The van der Waals surface area contributed by atoms with E-state index < -0.39 is 21.8 Å². The van der Waals surface area contributed by atoms with Gasteiger partial charge in [-0.25, -0.2) is 8.42 Å². The number of rotatable bonds is 6. The molecule has 166 valence electrons. The molecule has 0 spiro atoms. The predicted molar refractivity (Wildman–Crippen MR) is 120 cm³/mol. The van der Waals surface area contributed by atoms with Gasteiger partial charge < -0.3 is 10.6 Å². The molecule has 1 saturated heterocycles. The Morgan fingerprint density at radius 3 is 2.48 bits per heavy atom. The highest BCUT2D eigenvalue weighted by atomic mass is 32.2. The number of sulfonamides is 1. The van der Waals surface area contributed by atoms with Crippen LogP contribution in [0.1, 0.15) is 36.8 Å². The minimum atomic E-state index is -3.59. The molecule has 2 aromatic carbocycles. The van der Waals surface area contributed by atoms with Gasteiger partial charge in [0.1, 0.15) is 0 Å². The van der Waals surface area contributed by atoms with Crippen LogP contribution in [0, 0.1) is 13.8 Å². The van der Waals surface area contributed by atoms with Gasteiger partial charge in [-0.2, -0.15) is 4.31 Å². The van der Waals surface area contributed by atoms with Crippen molar-refractivity contribution in [1.29, 1.82) is 0 Å². The molecule has 7 nitrogen and oxygen atoms in total. The third kappa shape index (κ3) is 5.51. The van der Waals surface area contributed by atoms with Gasteiger partial charge in [0.05, 0.1) is 4.90 Å². The Morgan fingerprint density at radius 1 is 1.00 bits per heavy atom. The van der Waals surface area contributed by atoms with E-state index in [1.807, 2.05) is 26.0 Å². The van der Waals surface area contributed by atoms with E-state index in [-0.39, 0.29) is 17.5 Å². The molecule has 0 aliphatic carbocycles. The number of amides is 2. The van der Waals surface area contributed by atoms with Gasteiger partial charge in [0.25, 0.3) is 0 Å². The molecule has 1 heterocycles. The van der Waals surface area contributed by atoms with Gasteiger partial charge >= 0.3 is 11.8 Å². The molecule has 31 heavy (non-hydrogen) atoms. The molecule has 8 heteroatoms. The lowest BCUT2D eigenvalue weighted by molar-refractivity contribution is -0.136. The largest absolute Gasteiger partial charge is 0.348 e. The topological polar surface area (TPSA) is 95.6 Å². The molecule has 0 aromatic heterocycles. The first kappa shape index (κ1) is 23.0. The number of nitrogens with zero attached hydrogens (tertiary/aromatic N) is 1. The lowest BCUT2D eigenvalue weighted by Gasteiger charge is -2.34. The number of hydrogen-bond acceptors (Lipinski definition) is 4. The number of carbonyl (C=O) groups is 2. The van der Waals surface area contributed by atoms with Crippen LogP contribution < -0.4 is 10.6 Å². The second kappa shape index (κ2) is 10.1. The van der Waals surface area contributed by atoms with Crippen molar-refractivity contribution < 1.29 is 18.0 Å². The van der Waals surface area contributed by atoms with Crippen molar-refractivity contribution in [3.8, 4) is 0 Å². The second-order valence-electron chi connectivity index (χ2n) is 7.82. The highest BCUT2D eigenvalue weighted by Crippen LogP contribution is 2.26. The Bertz CT molecular complexity index is 1040. The molecule has 0 unspecified atom stereocenters. The van der Waals surface area contributed by atoms with Gasteiger partial charge in [0, 0.05) is 24.8 Å². The van der Waals surface area contributed by atoms with Crippen LogP contribution in [0.2, 0.25) is 0 Å². The summed E-state index contributed by atoms with van der Waals surface area (Å²) in [5.74, 6) is -1.46. The highest BCUT2D eigenvalue weighted by Gasteiger charge is 2.33. The van der Waals surface area contributed by atoms with Gasteiger partial charge in [-0.05, 0) is 62.4 Å². The lowest BCUT2D eigenvalue weighted by Crippen LogP contribution is -2.45. The van der Waals surface area contributed by atoms with E-state index in [4.69, 9.17) is 0 Å². The first-order valence-electron chi connectivity index (χ1n) is 10.5. The summed E-state index contributed by atoms with van der Waals surface area (Å²) >= 11 is 0. The van der Waals surface area contributed by atoms with E-state index in [9.17, 15) is 18.0 Å². The van der Waals surface area contributed by atoms with Gasteiger partial charge in [-0.3, -0.25) is 9.59 Å². The zero-order valence-corrected chi connectivity index (χ0v) is 18.7. The molecule has 2 amide bonds. The third-order valence-electron chi connectivity index (χ3n) is 5.75. The summed E-state index contributed by atoms with van der Waals surface area (Å²) in [7, 11) is -3.59. The number of carbonyl (C=O) groups excluding carboxylic acids is 2. The van der Waals surface area contributed by atoms with Crippen molar-refractivity contribution in [1.82, 2.24) is 9.62 Å². The van der Waals surface area contributed by atoms with E-state index in [1.54, 1.807) is 36.4 Å². The fraction of sp³-hybridized carbons (Fsp3) is 0.391. The van der Waals surface area contributed by atoms with Crippen molar-refractivity contribution >= 4 is 27.5 Å². The van der Waals surface area contributed by atoms with Gasteiger partial charge in [-0.15, -0.1) is 0 Å². The van der Waals surface area contributed by atoms with E-state index in [0.29, 0.717) is 18.7 Å². The van der Waals surface area contributed by atoms with Crippen LogP contribution in [0.5, 0.6) is 0 Å². The summed E-state index contributed by atoms with van der Waals surface area (Å²) < 4.78 is 27.6. The zero-order chi connectivity index (χ0) is 22.4. The number of aryl methyl sites for hydroxylation is 1. The number of anilines is 1. The van der Waals surface area contributed by atoms with Crippen molar-refractivity contribution in [2.24, 2.45) is 0 Å². The maximum atomic E-state index is 13.0. The molecule has 3 rings (SSSR count). The Kier molecular flexibility index (Phi) is 7.46. The van der Waals surface area contributed by atoms with Crippen LogP contribution in [-0.2, 0) is 19.6 Å². The number of benzene rings is 2. The molecule has 1 aliphatic rings. The van der Waals surface area contributed by atoms with E-state index in [2.05, 4.69) is 10.6 Å². The summed E-state index contributed by atoms with van der Waals surface area (Å²) in [6.45, 7) is 4.51. The van der Waals surface area contributed by atoms with Crippen LogP contribution in [0.4, 0.5) is 5.69 Å². The first-order valence-corrected chi connectivity index (χ1v) is 12.0. The van der Waals surface area contributed by atoms with Gasteiger partial charge in [0.15, 0.2) is 0 Å². The minimum absolute atomic E-state index is 0.207. The fourth-order valence-electron chi connectivity index (χ4n) is 3.80. The normalized spacial score (nSPS) is 17.2. The molecule has 0 radical (unpaired) electrons. The molecule has 0 bridgehead atoms. The predicted octanol–water partition coefficient (Wildman–Crippen LogP) is 2.99. The zero-order valence-electron chi connectivity index (χ0n) is 17.9. The first-order chi connectivity index (χ1) is 14.8. The average Bonchev–Trinajstić information content (AvgIpc) is 2.77. The number of nitrogens with one attached hydrogen (secondary N) is 2. The van der Waals surface area contributed by atoms with Gasteiger partial charge in [-0.1, -0.05) is 36.8 Å². The maximum Gasteiger partial charge on any atom is 0.313 e. The Hall–Kier alpha value is -2.71. The van der Waals surface area contributed by atoms with E-state index in [1.165, 1.54) is 4.31 Å². The summed E-state index contributed by atoms with van der Waals surface area (Å²) in [6, 6.07) is 13.7. The van der Waals surface area contributed by atoms with Crippen LogP contribution in [0.3, 0.4) is 0 Å². The summed E-state index contributed by atoms with van der Waals surface area (Å²) in [5, 5.41) is 5.26. The van der Waals surface area contributed by atoms with E-state index in [0.717, 1.165) is 30.4 Å². The van der Waals surface area contributed by atoms with Crippen LogP contribution in [-0.4, -0.2) is 43.7 Å². The Morgan fingerprint density at radius 2 is 1.74 bits per heavy atom. The van der Waals surface area contributed by atoms with Crippen molar-refractivity contribution in [3.05, 3.63) is 59.7 Å². The minimum Gasteiger partial charge on any atom is -0.348 e. The Labute approximate surface area is 183 Å². The van der Waals surface area contributed by atoms with Crippen LogP contribution in [0.25, 0.3) is 0 Å². The molecule has 1 atom stereocenters. The summed E-state index contributed by atoms with van der Waals surface area (Å²) in [5.41, 5.74) is 2.54. The summed E-state index contributed by atoms with van der Waals surface area (Å²) in [6.07, 6.45) is 2.94. The second-order valence-corrected chi connectivity index (χ2v) is 9.72. The molecule has 2 N–H and O–H groups in total. The third-order valence-corrected chi connectivity index (χ3v) is 7.71. The smallest absolute Gasteiger partial charge is 0.313 e. The fourth-order valence-corrected chi connectivity index (χ4v) is 5.55. The highest BCUT2D eigenvalue weighted by molar-refractivity contribution is 7.89. The Balaban J connectivity index is 1.57. The summed E-state index contributed by atoms with van der Waals surface area (Å²) in [4.78, 5) is 24.7. The molecular weight excluding hydrogens is 414 g/mol. The molecule has 1 aliphatic heterocycles. The average molecular weight is 444 g/mol. The van der Waals surface area contributed by atoms with E-state index >= 15 is 0 Å². The molecule has 0 saturated carbocycles. The molecular formula is C23H29N3O4S. The lowest BCUT2D eigenvalue weighted by atomic mass is 10.0. The molecule has 2 aromatic rings. The SMILES string of the molecule is Cc1cccc(NC(=O)C(=O)NCC[C@@H]2CCCCN2S(=O)(=O)c2ccccc2)c1C. The quantitative estimate of drug-likeness (QED) is 0.671. The molecule has 1 fully saturated rings. The van der Waals surface area contributed by atoms with Crippen LogP contribution >= 0.6 is 0 Å². The van der Waals surface area contributed by atoms with Crippen molar-refractivity contribution in [2.45, 2.75) is 50.5 Å². The number of piperidine rings is 1. The number of hydrogen-bond donors (Lipinski definition) is 2. The monoisotopic (exact) mass is 443 g/mol. The van der Waals surface area contributed by atoms with Gasteiger partial charge in [0.2, 0.25) is 10.0 Å². The maximum absolute atomic E-state index is 13.0. The van der Waals surface area contributed by atoms with Crippen molar-refractivity contribution in [3.63, 3.8) is 0 Å².